The molecule has 0 aromatic carbocycles. The summed E-state index contributed by atoms with van der Waals surface area (Å²) in [5.74, 6) is 2.31. The van der Waals surface area contributed by atoms with Crippen LogP contribution in [-0.4, -0.2) is 65.4 Å². The molecule has 0 spiro atoms. The Morgan fingerprint density at radius 3 is 1.59 bits per heavy atom. The molecule has 0 aromatic heterocycles. The maximum absolute atomic E-state index is 11.8. The van der Waals surface area contributed by atoms with E-state index < -0.39 is 0 Å². The van der Waals surface area contributed by atoms with Crippen molar-refractivity contribution in [2.45, 2.75) is 80.3 Å². The Bertz CT molecular complexity index is 405. The number of likely N-dealkylation sites (tertiary alicyclic amines) is 2. The zero-order chi connectivity index (χ0) is 21.0. The molecule has 0 aliphatic carbocycles. The number of aliphatic hydroxyl groups excluding tert-OH is 1. The van der Waals surface area contributed by atoms with Crippen molar-refractivity contribution in [1.29, 1.82) is 0 Å². The van der Waals surface area contributed by atoms with Crippen molar-refractivity contribution >= 4 is 11.7 Å². The number of amides is 1. The SMILES string of the molecule is CC.CC(=O)N1CCC(C2CCN(CC(=O)C(C)C)CC2)CC1.CC(C)O. The molecule has 2 rings (SSSR count). The number of nitrogens with zero attached hydrogens (tertiary/aromatic N) is 2. The number of hydrogen-bond acceptors (Lipinski definition) is 4. The first-order valence-corrected chi connectivity index (χ1v) is 10.9. The highest BCUT2D eigenvalue weighted by molar-refractivity contribution is 5.82. The van der Waals surface area contributed by atoms with Crippen LogP contribution in [0.4, 0.5) is 0 Å². The lowest BCUT2D eigenvalue weighted by molar-refractivity contribution is -0.130. The van der Waals surface area contributed by atoms with Crippen LogP contribution in [-0.2, 0) is 9.59 Å². The van der Waals surface area contributed by atoms with Gasteiger partial charge in [-0.1, -0.05) is 27.7 Å². The molecule has 0 radical (unpaired) electrons. The molecule has 5 nitrogen and oxygen atoms in total. The third-order valence-electron chi connectivity index (χ3n) is 5.31. The number of hydrogen-bond donors (Lipinski definition) is 1. The lowest BCUT2D eigenvalue weighted by atomic mass is 9.78. The summed E-state index contributed by atoms with van der Waals surface area (Å²) in [5, 5.41) is 8.06. The molecule has 0 aromatic rings. The highest BCUT2D eigenvalue weighted by Crippen LogP contribution is 2.32. The summed E-state index contributed by atoms with van der Waals surface area (Å²) in [4.78, 5) is 27.5. The second-order valence-electron chi connectivity index (χ2n) is 8.17. The van der Waals surface area contributed by atoms with Crippen molar-refractivity contribution in [2.24, 2.45) is 17.8 Å². The fourth-order valence-electron chi connectivity index (χ4n) is 3.67. The smallest absolute Gasteiger partial charge is 0.219 e. The second-order valence-corrected chi connectivity index (χ2v) is 8.17. The first-order valence-electron chi connectivity index (χ1n) is 10.9. The maximum atomic E-state index is 11.8. The van der Waals surface area contributed by atoms with E-state index in [-0.39, 0.29) is 17.9 Å². The molecular formula is C22H44N2O3. The van der Waals surface area contributed by atoms with Gasteiger partial charge in [0, 0.05) is 32.0 Å². The van der Waals surface area contributed by atoms with Crippen molar-refractivity contribution < 1.29 is 14.7 Å². The van der Waals surface area contributed by atoms with Crippen molar-refractivity contribution in [3.63, 3.8) is 0 Å². The summed E-state index contributed by atoms with van der Waals surface area (Å²) in [7, 11) is 0. The predicted molar refractivity (Wildman–Crippen MR) is 113 cm³/mol. The van der Waals surface area contributed by atoms with Gasteiger partial charge in [0.15, 0.2) is 0 Å². The van der Waals surface area contributed by atoms with E-state index in [1.54, 1.807) is 20.8 Å². The normalized spacial score (nSPS) is 19.3. The number of aliphatic hydroxyl groups is 1. The Morgan fingerprint density at radius 2 is 1.26 bits per heavy atom. The van der Waals surface area contributed by atoms with Gasteiger partial charge in [0.05, 0.1) is 6.54 Å². The minimum Gasteiger partial charge on any atom is -0.394 e. The third kappa shape index (κ3) is 10.8. The summed E-state index contributed by atoms with van der Waals surface area (Å²) in [6, 6.07) is 0. The second kappa shape index (κ2) is 14.1. The fourth-order valence-corrected chi connectivity index (χ4v) is 3.67. The number of Topliss-reactive ketones (excluding diaryl/α,β-unsaturated/α-hetero) is 1. The monoisotopic (exact) mass is 384 g/mol. The summed E-state index contributed by atoms with van der Waals surface area (Å²) in [5.41, 5.74) is 0. The number of carbonyl (C=O) groups excluding carboxylic acids is 2. The Labute approximate surface area is 167 Å². The van der Waals surface area contributed by atoms with E-state index in [1.165, 1.54) is 12.8 Å². The molecule has 2 aliphatic rings. The molecule has 1 N–H and O–H groups in total. The summed E-state index contributed by atoms with van der Waals surface area (Å²) < 4.78 is 0. The van der Waals surface area contributed by atoms with Crippen LogP contribution in [0.25, 0.3) is 0 Å². The summed E-state index contributed by atoms with van der Waals surface area (Å²) >= 11 is 0. The minimum absolute atomic E-state index is 0.152. The molecule has 0 atom stereocenters. The van der Waals surface area contributed by atoms with Crippen molar-refractivity contribution in [3.05, 3.63) is 0 Å². The van der Waals surface area contributed by atoms with Gasteiger partial charge in [-0.05, 0) is 64.5 Å². The largest absolute Gasteiger partial charge is 0.394 e. The number of piperidine rings is 2. The van der Waals surface area contributed by atoms with Crippen LogP contribution in [0.1, 0.15) is 74.1 Å². The lowest BCUT2D eigenvalue weighted by Gasteiger charge is -2.40. The average Bonchev–Trinajstić information content (AvgIpc) is 2.63. The molecule has 5 heteroatoms. The van der Waals surface area contributed by atoms with Crippen LogP contribution >= 0.6 is 0 Å². The molecular weight excluding hydrogens is 340 g/mol. The van der Waals surface area contributed by atoms with Gasteiger partial charge in [-0.25, -0.2) is 0 Å². The quantitative estimate of drug-likeness (QED) is 0.804. The number of carbonyl (C=O) groups is 2. The molecule has 0 bridgehead atoms. The summed E-state index contributed by atoms with van der Waals surface area (Å²) in [6.45, 7) is 17.7. The molecule has 2 fully saturated rings. The molecule has 0 unspecified atom stereocenters. The van der Waals surface area contributed by atoms with Crippen molar-refractivity contribution in [1.82, 2.24) is 9.80 Å². The van der Waals surface area contributed by atoms with E-state index in [2.05, 4.69) is 4.90 Å². The standard InChI is InChI=1S/C17H30N2O2.C3H8O.C2H6/c1-13(2)17(21)12-18-8-4-15(5-9-18)16-6-10-19(11-7-16)14(3)20;1-3(2)4;1-2/h13,15-16H,4-12H2,1-3H3;3-4H,1-2H3;1-2H3. The van der Waals surface area contributed by atoms with Crippen LogP contribution in [0.15, 0.2) is 0 Å². The van der Waals surface area contributed by atoms with Crippen LogP contribution in [0.5, 0.6) is 0 Å². The molecule has 2 saturated heterocycles. The Hall–Kier alpha value is -0.940. The molecule has 2 aliphatic heterocycles. The molecule has 0 saturated carbocycles. The highest BCUT2D eigenvalue weighted by atomic mass is 16.3. The van der Waals surface area contributed by atoms with Gasteiger partial charge < -0.3 is 10.0 Å². The Kier molecular flexibility index (Phi) is 13.6. The van der Waals surface area contributed by atoms with Gasteiger partial charge in [-0.15, -0.1) is 0 Å². The Morgan fingerprint density at radius 1 is 0.889 bits per heavy atom. The zero-order valence-electron chi connectivity index (χ0n) is 18.8. The topological polar surface area (TPSA) is 60.9 Å². The van der Waals surface area contributed by atoms with E-state index in [0.717, 1.165) is 50.9 Å². The van der Waals surface area contributed by atoms with E-state index in [0.29, 0.717) is 12.3 Å². The van der Waals surface area contributed by atoms with Crippen molar-refractivity contribution in [2.75, 3.05) is 32.7 Å². The maximum Gasteiger partial charge on any atom is 0.219 e. The molecule has 27 heavy (non-hydrogen) atoms. The van der Waals surface area contributed by atoms with Crippen molar-refractivity contribution in [3.8, 4) is 0 Å². The van der Waals surface area contributed by atoms with E-state index >= 15 is 0 Å². The van der Waals surface area contributed by atoms with Crippen LogP contribution < -0.4 is 0 Å². The average molecular weight is 385 g/mol. The van der Waals surface area contributed by atoms with Gasteiger partial charge in [-0.3, -0.25) is 14.5 Å². The van der Waals surface area contributed by atoms with Gasteiger partial charge >= 0.3 is 0 Å². The highest BCUT2D eigenvalue weighted by Gasteiger charge is 2.30. The third-order valence-corrected chi connectivity index (χ3v) is 5.31. The zero-order valence-corrected chi connectivity index (χ0v) is 18.8. The number of ketones is 1. The van der Waals surface area contributed by atoms with Gasteiger partial charge in [0.25, 0.3) is 0 Å². The predicted octanol–water partition coefficient (Wildman–Crippen LogP) is 3.60. The first-order chi connectivity index (χ1) is 12.7. The first kappa shape index (κ1) is 26.1. The van der Waals surface area contributed by atoms with E-state index in [9.17, 15) is 9.59 Å². The van der Waals surface area contributed by atoms with Crippen LogP contribution in [0, 0.1) is 17.8 Å². The molecule has 160 valence electrons. The van der Waals surface area contributed by atoms with Gasteiger partial charge in [0.2, 0.25) is 5.91 Å². The van der Waals surface area contributed by atoms with Gasteiger partial charge in [-0.2, -0.15) is 0 Å². The van der Waals surface area contributed by atoms with E-state index in [1.807, 2.05) is 32.6 Å². The van der Waals surface area contributed by atoms with Crippen LogP contribution in [0.2, 0.25) is 0 Å². The van der Waals surface area contributed by atoms with E-state index in [4.69, 9.17) is 5.11 Å². The Balaban J connectivity index is 0.000000998. The molecule has 2 heterocycles. The lowest BCUT2D eigenvalue weighted by Crippen LogP contribution is -2.43. The van der Waals surface area contributed by atoms with Gasteiger partial charge in [0.1, 0.15) is 5.78 Å². The minimum atomic E-state index is -0.167. The molecule has 1 amide bonds. The van der Waals surface area contributed by atoms with Crippen LogP contribution in [0.3, 0.4) is 0 Å². The number of rotatable bonds is 4. The fraction of sp³-hybridized carbons (Fsp3) is 0.909. The summed E-state index contributed by atoms with van der Waals surface area (Å²) in [6.07, 6.45) is 4.59.